The van der Waals surface area contributed by atoms with Crippen LogP contribution in [0.4, 0.5) is 5.69 Å². The first-order chi connectivity index (χ1) is 10.2. The van der Waals surface area contributed by atoms with Crippen LogP contribution in [0.5, 0.6) is 0 Å². The monoisotopic (exact) mass is 299 g/mol. The Bertz CT molecular complexity index is 661. The van der Waals surface area contributed by atoms with E-state index >= 15 is 0 Å². The van der Waals surface area contributed by atoms with E-state index in [0.29, 0.717) is 5.02 Å². The zero-order valence-corrected chi connectivity index (χ0v) is 12.8. The normalized spacial score (nSPS) is 15.0. The average Bonchev–Trinajstić information content (AvgIpc) is 3.00. The molecule has 108 valence electrons. The number of halogens is 1. The van der Waals surface area contributed by atoms with Crippen LogP contribution in [0.15, 0.2) is 52.8 Å². The van der Waals surface area contributed by atoms with Gasteiger partial charge >= 0.3 is 0 Å². The van der Waals surface area contributed by atoms with Crippen LogP contribution < -0.4 is 0 Å². The van der Waals surface area contributed by atoms with Crippen molar-refractivity contribution in [1.29, 1.82) is 0 Å². The summed E-state index contributed by atoms with van der Waals surface area (Å²) in [5, 5.41) is 11.5. The van der Waals surface area contributed by atoms with E-state index in [1.54, 1.807) is 0 Å². The highest BCUT2D eigenvalue weighted by Gasteiger charge is 2.11. The summed E-state index contributed by atoms with van der Waals surface area (Å²) in [6.07, 6.45) is 2.40. The van der Waals surface area contributed by atoms with Crippen LogP contribution in [0.3, 0.4) is 0 Å². The zero-order valence-electron chi connectivity index (χ0n) is 12.1. The third-order valence-corrected chi connectivity index (χ3v) is 3.99. The molecule has 2 aromatic carbocycles. The summed E-state index contributed by atoms with van der Waals surface area (Å²) in [4.78, 5) is 0. The maximum Gasteiger partial charge on any atom is 0.0953 e. The van der Waals surface area contributed by atoms with E-state index < -0.39 is 0 Å². The minimum atomic E-state index is 0.716. The van der Waals surface area contributed by atoms with Crippen molar-refractivity contribution in [3.05, 3.63) is 53.1 Å². The Labute approximate surface area is 130 Å². The molecule has 0 N–H and O–H groups in total. The average molecular weight is 300 g/mol. The van der Waals surface area contributed by atoms with Gasteiger partial charge in [0, 0.05) is 23.7 Å². The number of benzene rings is 2. The summed E-state index contributed by atoms with van der Waals surface area (Å²) in [6, 6.07) is 14.0. The largest absolute Gasteiger partial charge is 0.278 e. The molecule has 1 saturated heterocycles. The van der Waals surface area contributed by atoms with Crippen LogP contribution in [0, 0.1) is 6.92 Å². The van der Waals surface area contributed by atoms with Crippen molar-refractivity contribution in [2.75, 3.05) is 13.1 Å². The van der Waals surface area contributed by atoms with Gasteiger partial charge in [-0.1, -0.05) is 41.1 Å². The summed E-state index contributed by atoms with van der Waals surface area (Å²) in [5.41, 5.74) is 4.25. The molecule has 0 bridgehead atoms. The Morgan fingerprint density at radius 1 is 1.00 bits per heavy atom. The molecule has 21 heavy (non-hydrogen) atoms. The maximum absolute atomic E-state index is 6.16. The lowest BCUT2D eigenvalue weighted by Crippen LogP contribution is -2.09. The summed E-state index contributed by atoms with van der Waals surface area (Å²) < 4.78 is 0. The van der Waals surface area contributed by atoms with Gasteiger partial charge in [0.1, 0.15) is 0 Å². The van der Waals surface area contributed by atoms with Gasteiger partial charge in [-0.15, -0.1) is 5.11 Å². The summed E-state index contributed by atoms with van der Waals surface area (Å²) >= 11 is 6.16. The standard InChI is InChI=1S/C17H18ClN3/c1-13-6-2-3-7-15(13)16-12-14(18)8-9-17(16)19-20-21-10-4-5-11-21/h2-3,6-9,12H,4-5,10-11H2,1H3. The summed E-state index contributed by atoms with van der Waals surface area (Å²) in [6.45, 7) is 4.09. The Hall–Kier alpha value is -1.87. The van der Waals surface area contributed by atoms with Crippen molar-refractivity contribution in [3.63, 3.8) is 0 Å². The molecule has 0 unspecified atom stereocenters. The molecule has 1 heterocycles. The van der Waals surface area contributed by atoms with Gasteiger partial charge in [-0.05, 0) is 49.1 Å². The van der Waals surface area contributed by atoms with E-state index in [4.69, 9.17) is 11.6 Å². The minimum absolute atomic E-state index is 0.716. The highest BCUT2D eigenvalue weighted by atomic mass is 35.5. The molecular formula is C17H18ClN3. The molecule has 0 amide bonds. The van der Waals surface area contributed by atoms with Gasteiger partial charge < -0.3 is 0 Å². The van der Waals surface area contributed by atoms with Gasteiger partial charge in [-0.3, -0.25) is 5.01 Å². The molecule has 3 rings (SSSR count). The topological polar surface area (TPSA) is 28.0 Å². The number of hydrogen-bond donors (Lipinski definition) is 0. The quantitative estimate of drug-likeness (QED) is 0.696. The number of nitrogens with zero attached hydrogens (tertiary/aromatic N) is 3. The molecule has 0 aromatic heterocycles. The van der Waals surface area contributed by atoms with Gasteiger partial charge in [0.05, 0.1) is 5.69 Å². The molecule has 0 spiro atoms. The number of aryl methyl sites for hydroxylation is 1. The number of hydrogen-bond acceptors (Lipinski definition) is 2. The molecule has 2 aromatic rings. The Morgan fingerprint density at radius 2 is 1.76 bits per heavy atom. The highest BCUT2D eigenvalue weighted by molar-refractivity contribution is 6.31. The van der Waals surface area contributed by atoms with Crippen molar-refractivity contribution in [2.45, 2.75) is 19.8 Å². The fraction of sp³-hybridized carbons (Fsp3) is 0.294. The second-order valence-corrected chi connectivity index (χ2v) is 5.76. The molecule has 0 radical (unpaired) electrons. The number of rotatable bonds is 3. The van der Waals surface area contributed by atoms with Gasteiger partial charge in [0.15, 0.2) is 0 Å². The lowest BCUT2D eigenvalue weighted by molar-refractivity contribution is 0.337. The molecule has 0 saturated carbocycles. The molecule has 4 heteroatoms. The molecule has 1 aliphatic rings. The SMILES string of the molecule is Cc1ccccc1-c1cc(Cl)ccc1N=NN1CCCC1. The van der Waals surface area contributed by atoms with Crippen LogP contribution in [-0.4, -0.2) is 18.1 Å². The van der Waals surface area contributed by atoms with Crippen molar-refractivity contribution < 1.29 is 0 Å². The highest BCUT2D eigenvalue weighted by Crippen LogP contribution is 2.35. The third kappa shape index (κ3) is 3.24. The van der Waals surface area contributed by atoms with Crippen molar-refractivity contribution in [3.8, 4) is 11.1 Å². The van der Waals surface area contributed by atoms with E-state index in [-0.39, 0.29) is 0 Å². The second-order valence-electron chi connectivity index (χ2n) is 5.33. The third-order valence-electron chi connectivity index (χ3n) is 3.76. The van der Waals surface area contributed by atoms with E-state index in [2.05, 4.69) is 29.4 Å². The van der Waals surface area contributed by atoms with Gasteiger partial charge in [-0.25, -0.2) is 0 Å². The van der Waals surface area contributed by atoms with E-state index in [9.17, 15) is 0 Å². The molecule has 0 atom stereocenters. The predicted octanol–water partition coefficient (Wildman–Crippen LogP) is 5.41. The van der Waals surface area contributed by atoms with Crippen LogP contribution in [0.25, 0.3) is 11.1 Å². The minimum Gasteiger partial charge on any atom is -0.278 e. The van der Waals surface area contributed by atoms with Crippen LogP contribution in [0.2, 0.25) is 5.02 Å². The molecule has 1 aliphatic heterocycles. The second kappa shape index (κ2) is 6.27. The van der Waals surface area contributed by atoms with Crippen LogP contribution in [0.1, 0.15) is 18.4 Å². The smallest absolute Gasteiger partial charge is 0.0953 e. The lowest BCUT2D eigenvalue weighted by atomic mass is 9.99. The fourth-order valence-electron chi connectivity index (χ4n) is 2.59. The Balaban J connectivity index is 1.99. The van der Waals surface area contributed by atoms with E-state index in [0.717, 1.165) is 29.9 Å². The van der Waals surface area contributed by atoms with Crippen molar-refractivity contribution in [2.24, 2.45) is 10.3 Å². The predicted molar refractivity (Wildman–Crippen MR) is 86.9 cm³/mol. The first-order valence-corrected chi connectivity index (χ1v) is 7.64. The maximum atomic E-state index is 6.16. The summed E-state index contributed by atoms with van der Waals surface area (Å²) in [7, 11) is 0. The molecule has 0 aliphatic carbocycles. The van der Waals surface area contributed by atoms with Crippen molar-refractivity contribution in [1.82, 2.24) is 5.01 Å². The zero-order chi connectivity index (χ0) is 14.7. The van der Waals surface area contributed by atoms with Gasteiger partial charge in [0.25, 0.3) is 0 Å². The first-order valence-electron chi connectivity index (χ1n) is 7.26. The van der Waals surface area contributed by atoms with Crippen LogP contribution >= 0.6 is 11.6 Å². The summed E-state index contributed by atoms with van der Waals surface area (Å²) in [5.74, 6) is 0. The van der Waals surface area contributed by atoms with Crippen molar-refractivity contribution >= 4 is 17.3 Å². The Kier molecular flexibility index (Phi) is 4.20. The van der Waals surface area contributed by atoms with Crippen LogP contribution in [-0.2, 0) is 0 Å². The fourth-order valence-corrected chi connectivity index (χ4v) is 2.76. The Morgan fingerprint density at radius 3 is 2.52 bits per heavy atom. The van der Waals surface area contributed by atoms with E-state index in [1.807, 2.05) is 35.3 Å². The lowest BCUT2D eigenvalue weighted by Gasteiger charge is -2.11. The van der Waals surface area contributed by atoms with E-state index in [1.165, 1.54) is 18.4 Å². The van der Waals surface area contributed by atoms with Gasteiger partial charge in [0.2, 0.25) is 0 Å². The molecular weight excluding hydrogens is 282 g/mol. The molecule has 1 fully saturated rings. The molecule has 3 nitrogen and oxygen atoms in total. The first kappa shape index (κ1) is 14.1. The van der Waals surface area contributed by atoms with Gasteiger partial charge in [-0.2, -0.15) is 0 Å².